The quantitative estimate of drug-likeness (QED) is 0.685. The van der Waals surface area contributed by atoms with Crippen molar-refractivity contribution in [2.75, 3.05) is 13.6 Å². The van der Waals surface area contributed by atoms with Gasteiger partial charge < -0.3 is 5.11 Å². The zero-order valence-corrected chi connectivity index (χ0v) is 8.57. The van der Waals surface area contributed by atoms with Gasteiger partial charge in [-0.3, -0.25) is 14.5 Å². The van der Waals surface area contributed by atoms with E-state index < -0.39 is 11.9 Å². The summed E-state index contributed by atoms with van der Waals surface area (Å²) < 4.78 is 0. The third-order valence-corrected chi connectivity index (χ3v) is 2.23. The van der Waals surface area contributed by atoms with Gasteiger partial charge in [0.05, 0.1) is 12.0 Å². The summed E-state index contributed by atoms with van der Waals surface area (Å²) in [6.07, 6.45) is 0. The summed E-state index contributed by atoms with van der Waals surface area (Å²) in [6, 6.07) is -0.207. The summed E-state index contributed by atoms with van der Waals surface area (Å²) in [5, 5.41) is 8.64. The van der Waals surface area contributed by atoms with Crippen molar-refractivity contribution >= 4 is 11.8 Å². The molecule has 0 radical (unpaired) electrons. The van der Waals surface area contributed by atoms with E-state index in [1.807, 2.05) is 0 Å². The van der Waals surface area contributed by atoms with Crippen LogP contribution in [0.5, 0.6) is 0 Å². The fourth-order valence-corrected chi connectivity index (χ4v) is 0.979. The van der Waals surface area contributed by atoms with Crippen molar-refractivity contribution in [1.29, 1.82) is 0 Å². The standard InChI is InChI=1S/C9H17NO3/c1-6(9(12)13)5-10(4)7(2)8(3)11/h6-7H,5H2,1-4H3,(H,12,13). The second-order valence-corrected chi connectivity index (χ2v) is 3.47. The first-order chi connectivity index (χ1) is 5.86. The van der Waals surface area contributed by atoms with Gasteiger partial charge in [-0.25, -0.2) is 0 Å². The van der Waals surface area contributed by atoms with E-state index in [1.54, 1.807) is 25.8 Å². The topological polar surface area (TPSA) is 57.6 Å². The SMILES string of the molecule is CC(=O)C(C)N(C)CC(C)C(=O)O. The zero-order chi connectivity index (χ0) is 10.6. The van der Waals surface area contributed by atoms with Crippen molar-refractivity contribution < 1.29 is 14.7 Å². The number of Topliss-reactive ketones (excluding diaryl/α,β-unsaturated/α-hetero) is 1. The van der Waals surface area contributed by atoms with Gasteiger partial charge in [0, 0.05) is 6.54 Å². The van der Waals surface area contributed by atoms with E-state index in [0.717, 1.165) is 0 Å². The number of ketones is 1. The molecule has 76 valence electrons. The highest BCUT2D eigenvalue weighted by molar-refractivity contribution is 5.81. The third-order valence-electron chi connectivity index (χ3n) is 2.23. The summed E-state index contributed by atoms with van der Waals surface area (Å²) in [7, 11) is 1.76. The Kier molecular flexibility index (Phi) is 4.62. The number of likely N-dealkylation sites (N-methyl/N-ethyl adjacent to an activating group) is 1. The molecule has 0 aromatic carbocycles. The van der Waals surface area contributed by atoms with Gasteiger partial charge in [-0.15, -0.1) is 0 Å². The minimum absolute atomic E-state index is 0.0556. The van der Waals surface area contributed by atoms with Crippen LogP contribution in [-0.4, -0.2) is 41.4 Å². The Labute approximate surface area is 78.5 Å². The van der Waals surface area contributed by atoms with E-state index in [1.165, 1.54) is 6.92 Å². The highest BCUT2D eigenvalue weighted by Crippen LogP contribution is 2.03. The van der Waals surface area contributed by atoms with Crippen molar-refractivity contribution in [3.05, 3.63) is 0 Å². The largest absolute Gasteiger partial charge is 0.481 e. The first-order valence-corrected chi connectivity index (χ1v) is 4.29. The molecule has 0 aliphatic rings. The molecular weight excluding hydrogens is 170 g/mol. The van der Waals surface area contributed by atoms with Gasteiger partial charge >= 0.3 is 5.97 Å². The van der Waals surface area contributed by atoms with Gasteiger partial charge in [-0.1, -0.05) is 6.92 Å². The monoisotopic (exact) mass is 187 g/mol. The van der Waals surface area contributed by atoms with Crippen LogP contribution in [0.15, 0.2) is 0 Å². The maximum Gasteiger partial charge on any atom is 0.307 e. The van der Waals surface area contributed by atoms with Crippen LogP contribution in [0.2, 0.25) is 0 Å². The molecule has 0 spiro atoms. The van der Waals surface area contributed by atoms with Gasteiger partial charge in [0.25, 0.3) is 0 Å². The molecular formula is C9H17NO3. The summed E-state index contributed by atoms with van der Waals surface area (Å²) in [4.78, 5) is 23.2. The molecule has 0 heterocycles. The molecule has 0 aliphatic carbocycles. The minimum Gasteiger partial charge on any atom is -0.481 e. The zero-order valence-electron chi connectivity index (χ0n) is 8.57. The second kappa shape index (κ2) is 4.97. The Balaban J connectivity index is 4.06. The molecule has 0 aliphatic heterocycles. The van der Waals surface area contributed by atoms with Crippen molar-refractivity contribution in [3.8, 4) is 0 Å². The minimum atomic E-state index is -0.831. The van der Waals surface area contributed by atoms with Crippen LogP contribution in [0.1, 0.15) is 20.8 Å². The van der Waals surface area contributed by atoms with Crippen LogP contribution >= 0.6 is 0 Å². The number of carbonyl (C=O) groups is 2. The molecule has 0 fully saturated rings. The lowest BCUT2D eigenvalue weighted by Gasteiger charge is -2.23. The van der Waals surface area contributed by atoms with Crippen molar-refractivity contribution in [2.24, 2.45) is 5.92 Å². The van der Waals surface area contributed by atoms with Crippen LogP contribution < -0.4 is 0 Å². The van der Waals surface area contributed by atoms with Gasteiger partial charge in [-0.2, -0.15) is 0 Å². The van der Waals surface area contributed by atoms with Crippen LogP contribution in [0, 0.1) is 5.92 Å². The predicted molar refractivity (Wildman–Crippen MR) is 49.6 cm³/mol. The van der Waals surface area contributed by atoms with E-state index in [4.69, 9.17) is 5.11 Å². The maximum absolute atomic E-state index is 10.9. The average molecular weight is 187 g/mol. The Morgan fingerprint density at radius 3 is 2.15 bits per heavy atom. The maximum atomic E-state index is 10.9. The molecule has 0 aromatic heterocycles. The highest BCUT2D eigenvalue weighted by atomic mass is 16.4. The van der Waals surface area contributed by atoms with Gasteiger partial charge in [0.2, 0.25) is 0 Å². The van der Waals surface area contributed by atoms with Gasteiger partial charge in [0.1, 0.15) is 5.78 Å². The van der Waals surface area contributed by atoms with Crippen LogP contribution in [-0.2, 0) is 9.59 Å². The number of aliphatic carboxylic acids is 1. The van der Waals surface area contributed by atoms with Crippen molar-refractivity contribution in [3.63, 3.8) is 0 Å². The third kappa shape index (κ3) is 4.03. The Bertz CT molecular complexity index is 203. The molecule has 2 unspecified atom stereocenters. The Morgan fingerprint density at radius 2 is 1.85 bits per heavy atom. The first-order valence-electron chi connectivity index (χ1n) is 4.29. The van der Waals surface area contributed by atoms with E-state index in [-0.39, 0.29) is 11.8 Å². The molecule has 0 amide bonds. The average Bonchev–Trinajstić information content (AvgIpc) is 2.02. The molecule has 0 saturated heterocycles. The van der Waals surface area contributed by atoms with E-state index >= 15 is 0 Å². The fourth-order valence-electron chi connectivity index (χ4n) is 0.979. The molecule has 0 rings (SSSR count). The summed E-state index contributed by atoms with van der Waals surface area (Å²) in [5.74, 6) is -1.21. The molecule has 2 atom stereocenters. The lowest BCUT2D eigenvalue weighted by Crippen LogP contribution is -2.39. The highest BCUT2D eigenvalue weighted by Gasteiger charge is 2.19. The summed E-state index contributed by atoms with van der Waals surface area (Å²) in [5.41, 5.74) is 0. The normalized spacial score (nSPS) is 15.5. The first kappa shape index (κ1) is 12.1. The number of carboxylic acid groups (broad SMARTS) is 1. The molecule has 4 heteroatoms. The van der Waals surface area contributed by atoms with Crippen LogP contribution in [0.25, 0.3) is 0 Å². The van der Waals surface area contributed by atoms with Gasteiger partial charge in [0.15, 0.2) is 0 Å². The number of hydrogen-bond donors (Lipinski definition) is 1. The number of nitrogens with zero attached hydrogens (tertiary/aromatic N) is 1. The van der Waals surface area contributed by atoms with Crippen molar-refractivity contribution in [2.45, 2.75) is 26.8 Å². The van der Waals surface area contributed by atoms with Crippen molar-refractivity contribution in [1.82, 2.24) is 4.90 Å². The molecule has 0 aromatic rings. The molecule has 4 nitrogen and oxygen atoms in total. The number of hydrogen-bond acceptors (Lipinski definition) is 3. The molecule has 1 N–H and O–H groups in total. The lowest BCUT2D eigenvalue weighted by molar-refractivity contribution is -0.142. The van der Waals surface area contributed by atoms with Crippen LogP contribution in [0.3, 0.4) is 0 Å². The number of carbonyl (C=O) groups excluding carboxylic acids is 1. The Hall–Kier alpha value is -0.900. The second-order valence-electron chi connectivity index (χ2n) is 3.47. The fraction of sp³-hybridized carbons (Fsp3) is 0.778. The Morgan fingerprint density at radius 1 is 1.38 bits per heavy atom. The molecule has 0 bridgehead atoms. The molecule has 13 heavy (non-hydrogen) atoms. The number of rotatable bonds is 5. The molecule has 0 saturated carbocycles. The van der Waals surface area contributed by atoms with E-state index in [0.29, 0.717) is 6.54 Å². The smallest absolute Gasteiger partial charge is 0.307 e. The number of carboxylic acids is 1. The van der Waals surface area contributed by atoms with Crippen LogP contribution in [0.4, 0.5) is 0 Å². The summed E-state index contributed by atoms with van der Waals surface area (Å²) >= 11 is 0. The predicted octanol–water partition coefficient (Wildman–Crippen LogP) is 0.616. The van der Waals surface area contributed by atoms with E-state index in [2.05, 4.69) is 0 Å². The van der Waals surface area contributed by atoms with Gasteiger partial charge in [-0.05, 0) is 20.9 Å². The lowest BCUT2D eigenvalue weighted by atomic mass is 10.1. The summed E-state index contributed by atoms with van der Waals surface area (Å²) in [6.45, 7) is 5.31. The van der Waals surface area contributed by atoms with E-state index in [9.17, 15) is 9.59 Å².